The molecule has 0 aromatic carbocycles. The first-order valence-electron chi connectivity index (χ1n) is 28.0. The topological polar surface area (TPSA) is 388 Å². The zero-order valence-electron chi connectivity index (χ0n) is 45.1. The van der Waals surface area contributed by atoms with Crippen LogP contribution in [0, 0.1) is 56.7 Å². The normalized spacial score (nSPS) is 54.4. The Kier molecular flexibility index (Phi) is 17.6. The molecule has 77 heavy (non-hydrogen) atoms. The second kappa shape index (κ2) is 22.4. The summed E-state index contributed by atoms with van der Waals surface area (Å²) in [5.74, 6) is -0.393. The molecule has 4 saturated heterocycles. The largest absolute Gasteiger partial charge is 0.394 e. The summed E-state index contributed by atoms with van der Waals surface area (Å²) in [4.78, 5) is 0. The highest BCUT2D eigenvalue weighted by atomic mass is 16.8. The fourth-order valence-corrected chi connectivity index (χ4v) is 17.7. The summed E-state index contributed by atoms with van der Waals surface area (Å²) in [6, 6.07) is 0. The molecule has 0 radical (unpaired) electrons. The van der Waals surface area contributed by atoms with Gasteiger partial charge in [0.2, 0.25) is 0 Å². The van der Waals surface area contributed by atoms with E-state index in [1.165, 1.54) is 0 Å². The maximum atomic E-state index is 12.2. The highest BCUT2D eigenvalue weighted by molar-refractivity contribution is 5.31. The number of hydrogen-bond donors (Lipinski definition) is 16. The smallest absolute Gasteiger partial charge is 0.187 e. The van der Waals surface area contributed by atoms with Gasteiger partial charge in [0.15, 0.2) is 18.9 Å². The molecule has 23 heteroatoms. The van der Waals surface area contributed by atoms with E-state index in [1.54, 1.807) is 6.92 Å². The van der Waals surface area contributed by atoms with E-state index < -0.39 is 167 Å². The molecule has 4 aliphatic heterocycles. The van der Waals surface area contributed by atoms with Gasteiger partial charge in [0, 0.05) is 0 Å². The molecule has 0 bridgehead atoms. The van der Waals surface area contributed by atoms with Gasteiger partial charge in [0.1, 0.15) is 97.7 Å². The Bertz CT molecular complexity index is 2050. The summed E-state index contributed by atoms with van der Waals surface area (Å²) in [6.07, 6.45) is -24.1. The van der Waals surface area contributed by atoms with Crippen LogP contribution in [-0.4, -0.2) is 250 Å². The van der Waals surface area contributed by atoms with Crippen LogP contribution in [0.25, 0.3) is 0 Å². The quantitative estimate of drug-likeness (QED) is 0.0672. The fourth-order valence-electron chi connectivity index (χ4n) is 17.7. The van der Waals surface area contributed by atoms with Crippen molar-refractivity contribution in [2.24, 2.45) is 56.7 Å². The molecule has 9 rings (SSSR count). The average molecular weight is 1110 g/mol. The SMILES string of the molecule is C/C(=C\C[C@H](O)[C@@H](C)[C@H]1[C@H](O)C[C@@]2(C)[C@@H]3CC[C@H]4C(C)(C)[C@@H]([C@@H]5O[C@H](CO)[C@H](O)[C@H](O)[C@H]5O[C@@H]5O[C@H](CO)[C@@H](O)[C@H](O)[C@H]5O[C@@H]5O[C@H](CO)[C@@H](O)[C@H](O)[C@H]5O)CC[C@@]45C[C@@]35CC[C@]12C)CO[C@@H]1O[C@H](CO)[C@@H](O)[C@H](O)[C@H]1O. The maximum absolute atomic E-state index is 12.2. The minimum absolute atomic E-state index is 0.00297. The zero-order chi connectivity index (χ0) is 56.2. The lowest BCUT2D eigenvalue weighted by Gasteiger charge is -2.64. The van der Waals surface area contributed by atoms with Gasteiger partial charge in [-0.3, -0.25) is 0 Å². The van der Waals surface area contributed by atoms with Crippen LogP contribution in [0.5, 0.6) is 0 Å². The Hall–Kier alpha value is -1.18. The molecule has 0 aromatic heterocycles. The van der Waals surface area contributed by atoms with Gasteiger partial charge in [-0.25, -0.2) is 0 Å². The van der Waals surface area contributed by atoms with Gasteiger partial charge in [-0.05, 0) is 121 Å². The molecule has 5 saturated carbocycles. The molecule has 5 aliphatic carbocycles. The maximum Gasteiger partial charge on any atom is 0.187 e. The van der Waals surface area contributed by atoms with E-state index in [1.807, 2.05) is 13.0 Å². The van der Waals surface area contributed by atoms with E-state index in [0.717, 1.165) is 44.1 Å². The molecule has 23 nitrogen and oxygen atoms in total. The van der Waals surface area contributed by atoms with Crippen molar-refractivity contribution in [1.82, 2.24) is 0 Å². The summed E-state index contributed by atoms with van der Waals surface area (Å²) >= 11 is 0. The summed E-state index contributed by atoms with van der Waals surface area (Å²) in [5.41, 5.74) is -0.418. The molecule has 4 heterocycles. The molecular weight excluding hydrogens is 1020 g/mol. The predicted molar refractivity (Wildman–Crippen MR) is 264 cm³/mol. The van der Waals surface area contributed by atoms with Crippen LogP contribution in [0.4, 0.5) is 0 Å². The van der Waals surface area contributed by atoms with Crippen molar-refractivity contribution in [3.63, 3.8) is 0 Å². The van der Waals surface area contributed by atoms with Crippen LogP contribution in [0.15, 0.2) is 11.6 Å². The van der Waals surface area contributed by atoms with Crippen molar-refractivity contribution in [2.45, 2.75) is 234 Å². The van der Waals surface area contributed by atoms with Gasteiger partial charge in [0.25, 0.3) is 0 Å². The summed E-state index contributed by atoms with van der Waals surface area (Å²) in [7, 11) is 0. The lowest BCUT2D eigenvalue weighted by molar-refractivity contribution is -0.385. The Balaban J connectivity index is 0.906. The fraction of sp³-hybridized carbons (Fsp3) is 0.963. The van der Waals surface area contributed by atoms with Crippen molar-refractivity contribution in [3.8, 4) is 0 Å². The van der Waals surface area contributed by atoms with Gasteiger partial charge in [0.05, 0.1) is 51.3 Å². The lowest BCUT2D eigenvalue weighted by atomic mass is 9.41. The third-order valence-electron chi connectivity index (χ3n) is 22.0. The number of rotatable bonds is 16. The molecule has 0 aromatic rings. The first kappa shape index (κ1) is 60.4. The molecular formula is C54H90O23. The van der Waals surface area contributed by atoms with E-state index in [0.29, 0.717) is 12.8 Å². The second-order valence-electron chi connectivity index (χ2n) is 25.9. The minimum atomic E-state index is -1.92. The Morgan fingerprint density at radius 3 is 1.65 bits per heavy atom. The van der Waals surface area contributed by atoms with Crippen molar-refractivity contribution < 1.29 is 115 Å². The molecule has 9 fully saturated rings. The van der Waals surface area contributed by atoms with Crippen LogP contribution in [-0.2, 0) is 33.2 Å². The van der Waals surface area contributed by atoms with Crippen LogP contribution in [0.2, 0.25) is 0 Å². The van der Waals surface area contributed by atoms with Crippen LogP contribution in [0.3, 0.4) is 0 Å². The highest BCUT2D eigenvalue weighted by Crippen LogP contribution is 2.89. The Labute approximate surface area is 449 Å². The first-order chi connectivity index (χ1) is 36.2. The molecule has 2 spiro atoms. The molecule has 9 aliphatic rings. The van der Waals surface area contributed by atoms with Crippen molar-refractivity contribution in [2.75, 3.05) is 33.0 Å². The molecule has 31 atom stereocenters. The summed E-state index contributed by atoms with van der Waals surface area (Å²) in [5, 5.41) is 172. The highest BCUT2D eigenvalue weighted by Gasteiger charge is 2.83. The minimum Gasteiger partial charge on any atom is -0.394 e. The van der Waals surface area contributed by atoms with Gasteiger partial charge in [-0.15, -0.1) is 0 Å². The van der Waals surface area contributed by atoms with Gasteiger partial charge in [-0.2, -0.15) is 0 Å². The Morgan fingerprint density at radius 2 is 1.05 bits per heavy atom. The first-order valence-corrected chi connectivity index (χ1v) is 28.0. The number of aliphatic hydroxyl groups is 16. The average Bonchev–Trinajstić information content (AvgIpc) is 2.17. The van der Waals surface area contributed by atoms with Gasteiger partial charge < -0.3 is 115 Å². The molecule has 0 amide bonds. The van der Waals surface area contributed by atoms with Crippen LogP contribution in [0.1, 0.15) is 99.3 Å². The van der Waals surface area contributed by atoms with E-state index in [9.17, 15) is 81.7 Å². The zero-order valence-corrected chi connectivity index (χ0v) is 45.1. The monoisotopic (exact) mass is 1110 g/mol. The third-order valence-corrected chi connectivity index (χ3v) is 22.0. The lowest BCUT2D eigenvalue weighted by Crippen LogP contribution is -2.68. The van der Waals surface area contributed by atoms with Gasteiger partial charge >= 0.3 is 0 Å². The van der Waals surface area contributed by atoms with Crippen LogP contribution < -0.4 is 0 Å². The molecule has 16 N–H and O–H groups in total. The summed E-state index contributed by atoms with van der Waals surface area (Å²) < 4.78 is 41.8. The van der Waals surface area contributed by atoms with Crippen molar-refractivity contribution in [1.29, 1.82) is 0 Å². The van der Waals surface area contributed by atoms with Crippen molar-refractivity contribution in [3.05, 3.63) is 11.6 Å². The van der Waals surface area contributed by atoms with Crippen molar-refractivity contribution >= 4 is 0 Å². The van der Waals surface area contributed by atoms with E-state index in [-0.39, 0.29) is 64.3 Å². The molecule has 0 unspecified atom stereocenters. The van der Waals surface area contributed by atoms with E-state index in [4.69, 9.17) is 33.2 Å². The predicted octanol–water partition coefficient (Wildman–Crippen LogP) is -3.35. The number of aliphatic hydroxyl groups excluding tert-OH is 16. The third kappa shape index (κ3) is 9.74. The number of ether oxygens (including phenoxy) is 7. The molecule has 444 valence electrons. The summed E-state index contributed by atoms with van der Waals surface area (Å²) in [6.45, 7) is 10.1. The van der Waals surface area contributed by atoms with Gasteiger partial charge in [-0.1, -0.05) is 46.3 Å². The van der Waals surface area contributed by atoms with Crippen LogP contribution >= 0.6 is 0 Å². The second-order valence-corrected chi connectivity index (χ2v) is 25.9. The van der Waals surface area contributed by atoms with E-state index in [2.05, 4.69) is 27.7 Å². The number of fused-ring (bicyclic) bond motifs is 2. The Morgan fingerprint density at radius 1 is 0.558 bits per heavy atom. The number of hydrogen-bond acceptors (Lipinski definition) is 23. The standard InChI is InChI=1S/C54H90O23/c1-22(20-71-47-42(69)38(65)34(61)28(17-56)73-47)7-8-25(59)23(2)33-26(60)15-52(6)32-10-9-31-50(3,4)24(11-12-53(31)21-54(32,53)14-13-51(33,52)5)44-45(40(67)36(63)27(16-55)72-44)76-49-46(41(68)37(64)30(19-58)75-49)77-48-43(70)39(66)35(62)29(18-57)74-48/h7,23-49,55-70H,8-21H2,1-6H3/b22-7+/t23-,24-,25+,26-,27-,28-,29-,30-,31+,32+,33+,34-,35-,36+,37-,38+,39+,40+,41+,42-,43-,44+,45-,46-,47-,48+,49+,51-,52+,53-,54+/m1/s1. The van der Waals surface area contributed by atoms with E-state index >= 15 is 0 Å².